The van der Waals surface area contributed by atoms with Gasteiger partial charge in [0.15, 0.2) is 5.82 Å². The van der Waals surface area contributed by atoms with Gasteiger partial charge in [-0.25, -0.2) is 0 Å². The van der Waals surface area contributed by atoms with Crippen molar-refractivity contribution in [2.75, 3.05) is 0 Å². The third-order valence-electron chi connectivity index (χ3n) is 2.49. The Kier molecular flexibility index (Phi) is 8.80. The molecule has 92 valence electrons. The van der Waals surface area contributed by atoms with E-state index in [0.29, 0.717) is 0 Å². The van der Waals surface area contributed by atoms with Gasteiger partial charge in [-0.2, -0.15) is 4.98 Å². The average Bonchev–Trinajstić information content (AvgIpc) is 2.76. The predicted molar refractivity (Wildman–Crippen MR) is 67.8 cm³/mol. The Bertz CT molecular complexity index is 443. The van der Waals surface area contributed by atoms with Crippen LogP contribution in [0.1, 0.15) is 20.3 Å². The van der Waals surface area contributed by atoms with Gasteiger partial charge in [-0.1, -0.05) is 19.9 Å². The molecule has 2 aromatic rings. The average molecular weight is 367 g/mol. The molecule has 18 heavy (non-hydrogen) atoms. The zero-order valence-corrected chi connectivity index (χ0v) is 14.5. The Morgan fingerprint density at radius 3 is 2.78 bits per heavy atom. The third-order valence-corrected chi connectivity index (χ3v) is 2.49. The van der Waals surface area contributed by atoms with Gasteiger partial charge >= 0.3 is 23.1 Å². The summed E-state index contributed by atoms with van der Waals surface area (Å²) in [5.74, 6) is 1.64. The molecular formula is C13H17IMgN3+. The van der Waals surface area contributed by atoms with E-state index in [9.17, 15) is 0 Å². The molecule has 0 aliphatic rings. The summed E-state index contributed by atoms with van der Waals surface area (Å²) in [6, 6.07) is 5.87. The smallest absolute Gasteiger partial charge is 1.00 e. The van der Waals surface area contributed by atoms with Crippen molar-refractivity contribution in [2.24, 2.45) is 5.92 Å². The molecule has 0 N–H and O–H groups in total. The van der Waals surface area contributed by atoms with E-state index in [1.54, 1.807) is 6.20 Å². The van der Waals surface area contributed by atoms with Crippen LogP contribution in [-0.2, 0) is 6.54 Å². The fourth-order valence-electron chi connectivity index (χ4n) is 1.50. The van der Waals surface area contributed by atoms with Crippen LogP contribution in [0.15, 0.2) is 36.9 Å². The van der Waals surface area contributed by atoms with E-state index in [2.05, 4.69) is 29.6 Å². The van der Waals surface area contributed by atoms with Gasteiger partial charge in [0.05, 0.1) is 19.1 Å². The first kappa shape index (κ1) is 17.9. The first-order valence-electron chi connectivity index (χ1n) is 5.66. The summed E-state index contributed by atoms with van der Waals surface area (Å²) in [6.07, 6.45) is 10.1. The summed E-state index contributed by atoms with van der Waals surface area (Å²) in [6.45, 7) is 5.51. The number of nitrogens with zero attached hydrogens (tertiary/aromatic N) is 3. The molecule has 2 rings (SSSR count). The molecule has 0 spiro atoms. The molecule has 0 aliphatic heterocycles. The second kappa shape index (κ2) is 8.87. The van der Waals surface area contributed by atoms with E-state index in [1.165, 1.54) is 6.42 Å². The monoisotopic (exact) mass is 366 g/mol. The minimum absolute atomic E-state index is 0. The topological polar surface area (TPSA) is 21.7 Å². The van der Waals surface area contributed by atoms with Gasteiger partial charge in [-0.3, -0.25) is 0 Å². The van der Waals surface area contributed by atoms with Crippen molar-refractivity contribution in [1.82, 2.24) is 9.55 Å². The van der Waals surface area contributed by atoms with Gasteiger partial charge < -0.3 is 33.1 Å². The van der Waals surface area contributed by atoms with E-state index in [4.69, 9.17) is 0 Å². The molecular weight excluding hydrogens is 349 g/mol. The van der Waals surface area contributed by atoms with Crippen molar-refractivity contribution in [3.8, 4) is 5.82 Å². The quantitative estimate of drug-likeness (QED) is 0.283. The van der Waals surface area contributed by atoms with Crippen LogP contribution in [0.4, 0.5) is 0 Å². The Morgan fingerprint density at radius 2 is 2.17 bits per heavy atom. The summed E-state index contributed by atoms with van der Waals surface area (Å²) >= 11 is 0. The van der Waals surface area contributed by atoms with Gasteiger partial charge in [0.2, 0.25) is 0 Å². The van der Waals surface area contributed by atoms with Crippen LogP contribution in [0.3, 0.4) is 0 Å². The van der Waals surface area contributed by atoms with Gasteiger partial charge in [0, 0.05) is 12.4 Å². The van der Waals surface area contributed by atoms with E-state index in [1.807, 2.05) is 35.3 Å². The number of halogens is 1. The number of hydrogen-bond donors (Lipinski definition) is 0. The molecule has 0 aliphatic carbocycles. The molecule has 0 amide bonds. The van der Waals surface area contributed by atoms with Crippen molar-refractivity contribution >= 4 is 23.1 Å². The summed E-state index contributed by atoms with van der Waals surface area (Å²) in [4.78, 5) is 4.28. The van der Waals surface area contributed by atoms with E-state index < -0.39 is 0 Å². The fourth-order valence-corrected chi connectivity index (χ4v) is 1.50. The Balaban J connectivity index is 0.00000144. The number of aryl methyl sites for hydroxylation is 1. The van der Waals surface area contributed by atoms with Crippen LogP contribution >= 0.6 is 0 Å². The van der Waals surface area contributed by atoms with Gasteiger partial charge in [0.25, 0.3) is 0 Å². The Hall–Kier alpha value is -0.144. The molecule has 2 aromatic heterocycles. The predicted octanol–water partition coefficient (Wildman–Crippen LogP) is -1.37. The van der Waals surface area contributed by atoms with Crippen LogP contribution in [0.2, 0.25) is 0 Å². The number of imidazole rings is 1. The molecule has 0 bridgehead atoms. The SMILES string of the molecule is CC(C)CCn1c[c-][n+](-c2ccccn2)c1.[I-].[Mg+2]. The van der Waals surface area contributed by atoms with Gasteiger partial charge in [-0.05, 0) is 24.5 Å². The summed E-state index contributed by atoms with van der Waals surface area (Å²) in [5.41, 5.74) is 0. The fraction of sp³-hybridized carbons (Fsp3) is 0.385. The minimum atomic E-state index is 0. The minimum Gasteiger partial charge on any atom is -1.00 e. The molecule has 0 atom stereocenters. The van der Waals surface area contributed by atoms with E-state index >= 15 is 0 Å². The zero-order chi connectivity index (χ0) is 11.4. The van der Waals surface area contributed by atoms with Crippen molar-refractivity contribution in [3.63, 3.8) is 0 Å². The summed E-state index contributed by atoms with van der Waals surface area (Å²) < 4.78 is 4.06. The van der Waals surface area contributed by atoms with Crippen LogP contribution in [0.25, 0.3) is 5.82 Å². The second-order valence-corrected chi connectivity index (χ2v) is 4.35. The molecule has 0 aromatic carbocycles. The second-order valence-electron chi connectivity index (χ2n) is 4.35. The third kappa shape index (κ3) is 5.23. The first-order valence-corrected chi connectivity index (χ1v) is 5.66. The van der Waals surface area contributed by atoms with Crippen LogP contribution < -0.4 is 28.5 Å². The zero-order valence-electron chi connectivity index (χ0n) is 10.9. The Labute approximate surface area is 142 Å². The largest absolute Gasteiger partial charge is 2.00 e. The van der Waals surface area contributed by atoms with Crippen molar-refractivity contribution in [3.05, 3.63) is 43.1 Å². The molecule has 0 fully saturated rings. The van der Waals surface area contributed by atoms with Crippen LogP contribution in [-0.4, -0.2) is 32.6 Å². The summed E-state index contributed by atoms with van der Waals surface area (Å²) in [5, 5.41) is 0. The number of hydrogen-bond acceptors (Lipinski definition) is 1. The van der Waals surface area contributed by atoms with Crippen LogP contribution in [0.5, 0.6) is 0 Å². The van der Waals surface area contributed by atoms with E-state index in [0.717, 1.165) is 18.3 Å². The molecule has 5 heteroatoms. The number of pyridine rings is 1. The maximum absolute atomic E-state index is 4.28. The van der Waals surface area contributed by atoms with Crippen LogP contribution in [0, 0.1) is 12.1 Å². The first-order chi connectivity index (χ1) is 7.75. The molecule has 2 heterocycles. The Morgan fingerprint density at radius 1 is 1.39 bits per heavy atom. The molecule has 0 saturated heterocycles. The number of aromatic nitrogens is 3. The van der Waals surface area contributed by atoms with Crippen molar-refractivity contribution < 1.29 is 28.5 Å². The van der Waals surface area contributed by atoms with Gasteiger partial charge in [-0.15, -0.1) is 0 Å². The molecule has 0 radical (unpaired) electrons. The van der Waals surface area contributed by atoms with Gasteiger partial charge in [0.1, 0.15) is 0 Å². The molecule has 0 saturated carbocycles. The maximum Gasteiger partial charge on any atom is 2.00 e. The normalized spacial score (nSPS) is 9.72. The van der Waals surface area contributed by atoms with Crippen molar-refractivity contribution in [2.45, 2.75) is 26.8 Å². The van der Waals surface area contributed by atoms with E-state index in [-0.39, 0.29) is 47.0 Å². The number of rotatable bonds is 4. The van der Waals surface area contributed by atoms with Crippen molar-refractivity contribution in [1.29, 1.82) is 0 Å². The molecule has 3 nitrogen and oxygen atoms in total. The summed E-state index contributed by atoms with van der Waals surface area (Å²) in [7, 11) is 0. The molecule has 0 unspecified atom stereocenters. The maximum atomic E-state index is 4.28. The standard InChI is InChI=1S/C13H17N3.HI.Mg/c1-12(2)6-8-15-9-10-16(11-15)13-5-3-4-7-14-13;;/h3-5,7,9,11-12H,6,8H2,1-2H3;1H;/q;;+2/p-1.